The Kier molecular flexibility index (Phi) is 5.54. The van der Waals surface area contributed by atoms with Gasteiger partial charge in [0.05, 0.1) is 31.0 Å². The number of rotatable bonds is 5. The van der Waals surface area contributed by atoms with Gasteiger partial charge in [-0.05, 0) is 43.0 Å². The van der Waals surface area contributed by atoms with Crippen molar-refractivity contribution in [2.24, 2.45) is 0 Å². The molecule has 1 aromatic rings. The van der Waals surface area contributed by atoms with Crippen molar-refractivity contribution in [3.8, 4) is 6.07 Å². The molecule has 0 bridgehead atoms. The van der Waals surface area contributed by atoms with Gasteiger partial charge in [-0.3, -0.25) is 4.90 Å². The summed E-state index contributed by atoms with van der Waals surface area (Å²) in [6.07, 6.45) is 2.34. The molecule has 0 atom stereocenters. The summed E-state index contributed by atoms with van der Waals surface area (Å²) in [5, 5.41) is 17.6. The molecule has 4 heteroatoms. The zero-order valence-electron chi connectivity index (χ0n) is 12.0. The summed E-state index contributed by atoms with van der Waals surface area (Å²) in [5.41, 5.74) is 3.20. The minimum Gasteiger partial charge on any atom is -0.394 e. The van der Waals surface area contributed by atoms with Gasteiger partial charge in [-0.2, -0.15) is 5.26 Å². The predicted molar refractivity (Wildman–Crippen MR) is 77.2 cm³/mol. The summed E-state index contributed by atoms with van der Waals surface area (Å²) in [7, 11) is 0. The minimum absolute atomic E-state index is 0.102. The molecule has 1 saturated heterocycles. The largest absolute Gasteiger partial charge is 0.394 e. The normalized spacial score (nSPS) is 17.1. The third kappa shape index (κ3) is 4.04. The molecule has 0 amide bonds. The van der Waals surface area contributed by atoms with Gasteiger partial charge >= 0.3 is 0 Å². The Morgan fingerprint density at radius 2 is 2.15 bits per heavy atom. The van der Waals surface area contributed by atoms with E-state index in [1.54, 1.807) is 0 Å². The maximum Gasteiger partial charge on any atom is 0.0991 e. The fraction of sp³-hybridized carbons (Fsp3) is 0.562. The second-order valence-corrected chi connectivity index (χ2v) is 5.32. The van der Waals surface area contributed by atoms with Gasteiger partial charge in [-0.15, -0.1) is 0 Å². The van der Waals surface area contributed by atoms with Crippen LogP contribution in [0, 0.1) is 18.3 Å². The summed E-state index contributed by atoms with van der Waals surface area (Å²) in [6.45, 7) is 5.59. The van der Waals surface area contributed by atoms with E-state index < -0.39 is 0 Å². The highest BCUT2D eigenvalue weighted by Crippen LogP contribution is 2.18. The second-order valence-electron chi connectivity index (χ2n) is 5.32. The summed E-state index contributed by atoms with van der Waals surface area (Å²) >= 11 is 0. The van der Waals surface area contributed by atoms with Gasteiger partial charge < -0.3 is 9.84 Å². The molecule has 1 aromatic carbocycles. The number of likely N-dealkylation sites (tertiary alicyclic amines) is 1. The Balaban J connectivity index is 1.85. The van der Waals surface area contributed by atoms with Crippen LogP contribution in [0.5, 0.6) is 0 Å². The lowest BCUT2D eigenvalue weighted by atomic mass is 10.0. The lowest BCUT2D eigenvalue weighted by molar-refractivity contribution is -0.00903. The van der Waals surface area contributed by atoms with Crippen LogP contribution in [-0.2, 0) is 11.3 Å². The van der Waals surface area contributed by atoms with Gasteiger partial charge in [0.2, 0.25) is 0 Å². The van der Waals surface area contributed by atoms with E-state index >= 15 is 0 Å². The third-order valence-electron chi connectivity index (χ3n) is 3.85. The Bertz CT molecular complexity index is 474. The van der Waals surface area contributed by atoms with Crippen molar-refractivity contribution in [1.82, 2.24) is 4.90 Å². The van der Waals surface area contributed by atoms with Gasteiger partial charge in [0.1, 0.15) is 0 Å². The van der Waals surface area contributed by atoms with Crippen LogP contribution in [0.3, 0.4) is 0 Å². The molecule has 0 saturated carbocycles. The molecule has 0 aliphatic carbocycles. The molecule has 1 fully saturated rings. The average Bonchev–Trinajstić information content (AvgIpc) is 2.48. The molecule has 0 unspecified atom stereocenters. The van der Waals surface area contributed by atoms with Crippen LogP contribution in [0.25, 0.3) is 0 Å². The van der Waals surface area contributed by atoms with E-state index in [0.29, 0.717) is 12.7 Å². The number of nitriles is 1. The molecule has 4 nitrogen and oxygen atoms in total. The number of benzene rings is 1. The molecular weight excluding hydrogens is 252 g/mol. The first-order valence-electron chi connectivity index (χ1n) is 7.17. The van der Waals surface area contributed by atoms with Gasteiger partial charge in [0.25, 0.3) is 0 Å². The number of ether oxygens (including phenoxy) is 1. The number of nitrogens with zero attached hydrogens (tertiary/aromatic N) is 2. The summed E-state index contributed by atoms with van der Waals surface area (Å²) in [5.74, 6) is 0. The number of piperidine rings is 1. The van der Waals surface area contributed by atoms with Crippen LogP contribution in [0.1, 0.15) is 29.5 Å². The highest BCUT2D eigenvalue weighted by Gasteiger charge is 2.19. The smallest absolute Gasteiger partial charge is 0.0991 e. The standard InChI is InChI=1S/C16H22N2O2/c1-13-10-14(11-17)2-3-15(13)12-18-6-4-16(5-7-18)20-9-8-19/h2-3,10,16,19H,4-9,12H2,1H3. The lowest BCUT2D eigenvalue weighted by Gasteiger charge is -2.32. The van der Waals surface area contributed by atoms with Crippen molar-refractivity contribution >= 4 is 0 Å². The van der Waals surface area contributed by atoms with E-state index in [2.05, 4.69) is 24.0 Å². The summed E-state index contributed by atoms with van der Waals surface area (Å²) in [6, 6.07) is 8.07. The Labute approximate surface area is 120 Å². The lowest BCUT2D eigenvalue weighted by Crippen LogP contribution is -2.37. The van der Waals surface area contributed by atoms with E-state index in [-0.39, 0.29) is 6.61 Å². The SMILES string of the molecule is Cc1cc(C#N)ccc1CN1CCC(OCCO)CC1. The molecule has 0 spiro atoms. The molecule has 108 valence electrons. The van der Waals surface area contributed by atoms with Crippen molar-refractivity contribution in [2.45, 2.75) is 32.4 Å². The molecule has 1 heterocycles. The first-order chi connectivity index (χ1) is 9.72. The van der Waals surface area contributed by atoms with Gasteiger partial charge in [0, 0.05) is 19.6 Å². The van der Waals surface area contributed by atoms with Crippen LogP contribution in [-0.4, -0.2) is 42.4 Å². The van der Waals surface area contributed by atoms with Crippen LogP contribution in [0.15, 0.2) is 18.2 Å². The first kappa shape index (κ1) is 15.0. The topological polar surface area (TPSA) is 56.5 Å². The van der Waals surface area contributed by atoms with E-state index in [1.165, 1.54) is 11.1 Å². The van der Waals surface area contributed by atoms with E-state index in [4.69, 9.17) is 15.1 Å². The quantitative estimate of drug-likeness (QED) is 0.890. The van der Waals surface area contributed by atoms with Crippen molar-refractivity contribution < 1.29 is 9.84 Å². The van der Waals surface area contributed by atoms with Crippen LogP contribution < -0.4 is 0 Å². The fourth-order valence-corrected chi connectivity index (χ4v) is 2.64. The zero-order chi connectivity index (χ0) is 14.4. The van der Waals surface area contributed by atoms with Crippen LogP contribution in [0.2, 0.25) is 0 Å². The maximum atomic E-state index is 8.88. The van der Waals surface area contributed by atoms with Gasteiger partial charge in [-0.25, -0.2) is 0 Å². The second kappa shape index (κ2) is 7.39. The molecule has 0 aromatic heterocycles. The van der Waals surface area contributed by atoms with Crippen molar-refractivity contribution in [3.05, 3.63) is 34.9 Å². The molecule has 1 aliphatic heterocycles. The number of aryl methyl sites for hydroxylation is 1. The van der Waals surface area contributed by atoms with Crippen molar-refractivity contribution in [1.29, 1.82) is 5.26 Å². The third-order valence-corrected chi connectivity index (χ3v) is 3.85. The summed E-state index contributed by atoms with van der Waals surface area (Å²) in [4.78, 5) is 2.42. The van der Waals surface area contributed by atoms with E-state index in [0.717, 1.165) is 38.0 Å². The van der Waals surface area contributed by atoms with E-state index in [9.17, 15) is 0 Å². The number of aliphatic hydroxyl groups is 1. The Morgan fingerprint density at radius 3 is 2.75 bits per heavy atom. The fourth-order valence-electron chi connectivity index (χ4n) is 2.64. The van der Waals surface area contributed by atoms with E-state index in [1.807, 2.05) is 12.1 Å². The maximum absolute atomic E-state index is 8.88. The highest BCUT2D eigenvalue weighted by molar-refractivity contribution is 5.37. The monoisotopic (exact) mass is 274 g/mol. The Hall–Kier alpha value is -1.41. The molecule has 0 radical (unpaired) electrons. The number of aliphatic hydroxyl groups excluding tert-OH is 1. The highest BCUT2D eigenvalue weighted by atomic mass is 16.5. The molecule has 1 aliphatic rings. The number of hydrogen-bond acceptors (Lipinski definition) is 4. The average molecular weight is 274 g/mol. The predicted octanol–water partition coefficient (Wildman–Crippen LogP) is 1.84. The molecule has 20 heavy (non-hydrogen) atoms. The molecule has 1 N–H and O–H groups in total. The van der Waals surface area contributed by atoms with Crippen LogP contribution >= 0.6 is 0 Å². The molecular formula is C16H22N2O2. The zero-order valence-corrected chi connectivity index (χ0v) is 12.0. The molecule has 2 rings (SSSR count). The van der Waals surface area contributed by atoms with Gasteiger partial charge in [0.15, 0.2) is 0 Å². The van der Waals surface area contributed by atoms with Crippen LogP contribution in [0.4, 0.5) is 0 Å². The van der Waals surface area contributed by atoms with Gasteiger partial charge in [-0.1, -0.05) is 6.07 Å². The number of hydrogen-bond donors (Lipinski definition) is 1. The minimum atomic E-state index is 0.102. The van der Waals surface area contributed by atoms with Crippen molar-refractivity contribution in [2.75, 3.05) is 26.3 Å². The summed E-state index contributed by atoms with van der Waals surface area (Å²) < 4.78 is 5.57. The first-order valence-corrected chi connectivity index (χ1v) is 7.17. The Morgan fingerprint density at radius 1 is 1.40 bits per heavy atom. The van der Waals surface area contributed by atoms with Crippen molar-refractivity contribution in [3.63, 3.8) is 0 Å².